The van der Waals surface area contributed by atoms with Crippen molar-refractivity contribution in [3.8, 4) is 11.3 Å². The van der Waals surface area contributed by atoms with Gasteiger partial charge < -0.3 is 4.90 Å². The van der Waals surface area contributed by atoms with E-state index in [4.69, 9.17) is 16.6 Å². The zero-order chi connectivity index (χ0) is 24.4. The first-order chi connectivity index (χ1) is 17.0. The van der Waals surface area contributed by atoms with E-state index in [1.165, 1.54) is 11.1 Å². The number of carbonyl (C=O) groups excluding carboxylic acids is 1. The number of rotatable bonds is 5. The standard InChI is InChI=1S/C31H31ClN2O/c1-3-22-9-11-25(12-10-22)29-20-27(26-13-14-28(32)21(2)30(26)33-29)31(35)34-17-15-24(16-18-34)19-23-7-5-4-6-8-23/h4-14,20,24H,3,15-19H2,1-2H3. The summed E-state index contributed by atoms with van der Waals surface area (Å²) in [7, 11) is 0. The van der Waals surface area contributed by atoms with Crippen LogP contribution in [0.4, 0.5) is 0 Å². The molecule has 0 atom stereocenters. The van der Waals surface area contributed by atoms with Gasteiger partial charge >= 0.3 is 0 Å². The van der Waals surface area contributed by atoms with Crippen LogP contribution < -0.4 is 0 Å². The molecule has 0 radical (unpaired) electrons. The summed E-state index contributed by atoms with van der Waals surface area (Å²) in [6.07, 6.45) is 4.13. The number of halogens is 1. The number of amides is 1. The Bertz CT molecular complexity index is 1340. The first kappa shape index (κ1) is 23.6. The van der Waals surface area contributed by atoms with E-state index in [1.54, 1.807) is 0 Å². The van der Waals surface area contributed by atoms with Gasteiger partial charge in [-0.1, -0.05) is 79.2 Å². The van der Waals surface area contributed by atoms with Crippen molar-refractivity contribution in [3.05, 3.63) is 100 Å². The number of aryl methyl sites for hydroxylation is 2. The lowest BCUT2D eigenvalue weighted by molar-refractivity contribution is 0.0692. The molecule has 1 fully saturated rings. The maximum absolute atomic E-state index is 13.8. The van der Waals surface area contributed by atoms with Crippen molar-refractivity contribution >= 4 is 28.4 Å². The Morgan fingerprint density at radius 1 is 0.971 bits per heavy atom. The number of aromatic nitrogens is 1. The van der Waals surface area contributed by atoms with Crippen LogP contribution in [0.1, 0.15) is 46.8 Å². The van der Waals surface area contributed by atoms with Gasteiger partial charge in [0.15, 0.2) is 0 Å². The number of benzene rings is 3. The van der Waals surface area contributed by atoms with Crippen molar-refractivity contribution in [1.29, 1.82) is 0 Å². The zero-order valence-corrected chi connectivity index (χ0v) is 21.2. The molecule has 4 heteroatoms. The molecular formula is C31H31ClN2O. The normalized spacial score (nSPS) is 14.4. The summed E-state index contributed by atoms with van der Waals surface area (Å²) >= 11 is 6.45. The summed E-state index contributed by atoms with van der Waals surface area (Å²) in [6, 6.07) is 24.9. The van der Waals surface area contributed by atoms with Gasteiger partial charge in [0.1, 0.15) is 0 Å². The number of fused-ring (bicyclic) bond motifs is 1. The number of piperidine rings is 1. The minimum Gasteiger partial charge on any atom is -0.339 e. The van der Waals surface area contributed by atoms with Crippen molar-refractivity contribution in [2.24, 2.45) is 5.92 Å². The fourth-order valence-corrected chi connectivity index (χ4v) is 5.25. The molecule has 3 aromatic carbocycles. The van der Waals surface area contributed by atoms with Gasteiger partial charge in [-0.25, -0.2) is 4.98 Å². The van der Waals surface area contributed by atoms with Gasteiger partial charge in [0.05, 0.1) is 16.8 Å². The second-order valence-electron chi connectivity index (χ2n) is 9.60. The molecule has 0 saturated carbocycles. The number of likely N-dealkylation sites (tertiary alicyclic amines) is 1. The van der Waals surface area contributed by atoms with Gasteiger partial charge in [0.2, 0.25) is 0 Å². The predicted molar refractivity (Wildman–Crippen MR) is 145 cm³/mol. The van der Waals surface area contributed by atoms with Crippen LogP contribution in [-0.2, 0) is 12.8 Å². The first-order valence-corrected chi connectivity index (χ1v) is 12.9. The number of pyridine rings is 1. The summed E-state index contributed by atoms with van der Waals surface area (Å²) in [5.41, 5.74) is 6.91. The average molecular weight is 483 g/mol. The Kier molecular flexibility index (Phi) is 6.88. The molecule has 1 aliphatic heterocycles. The monoisotopic (exact) mass is 482 g/mol. The van der Waals surface area contributed by atoms with Crippen LogP contribution in [0.5, 0.6) is 0 Å². The summed E-state index contributed by atoms with van der Waals surface area (Å²) in [5.74, 6) is 0.702. The van der Waals surface area contributed by atoms with Crippen LogP contribution in [0.2, 0.25) is 5.02 Å². The second-order valence-corrected chi connectivity index (χ2v) is 10.0. The minimum atomic E-state index is 0.0868. The summed E-state index contributed by atoms with van der Waals surface area (Å²) in [5, 5.41) is 1.54. The van der Waals surface area contributed by atoms with E-state index in [9.17, 15) is 4.79 Å². The van der Waals surface area contributed by atoms with Gasteiger partial charge in [-0.2, -0.15) is 0 Å². The SMILES string of the molecule is CCc1ccc(-c2cc(C(=O)N3CCC(Cc4ccccc4)CC3)c3ccc(Cl)c(C)c3n2)cc1. The third-order valence-corrected chi connectivity index (χ3v) is 7.74. The molecule has 1 saturated heterocycles. The number of hydrogen-bond donors (Lipinski definition) is 0. The average Bonchev–Trinajstić information content (AvgIpc) is 2.91. The zero-order valence-electron chi connectivity index (χ0n) is 20.4. The van der Waals surface area contributed by atoms with E-state index >= 15 is 0 Å². The van der Waals surface area contributed by atoms with Gasteiger partial charge in [-0.15, -0.1) is 0 Å². The van der Waals surface area contributed by atoms with Crippen molar-refractivity contribution in [3.63, 3.8) is 0 Å². The lowest BCUT2D eigenvalue weighted by Gasteiger charge is -2.32. The molecule has 178 valence electrons. The Morgan fingerprint density at radius 3 is 2.37 bits per heavy atom. The number of nitrogens with zero attached hydrogens (tertiary/aromatic N) is 2. The van der Waals surface area contributed by atoms with E-state index in [0.717, 1.165) is 66.5 Å². The predicted octanol–water partition coefficient (Wildman–Crippen LogP) is 7.52. The van der Waals surface area contributed by atoms with Crippen LogP contribution in [0.25, 0.3) is 22.2 Å². The highest BCUT2D eigenvalue weighted by Crippen LogP contribution is 2.32. The highest BCUT2D eigenvalue weighted by atomic mass is 35.5. The molecule has 0 bridgehead atoms. The van der Waals surface area contributed by atoms with Crippen LogP contribution in [0, 0.1) is 12.8 Å². The highest BCUT2D eigenvalue weighted by Gasteiger charge is 2.26. The van der Waals surface area contributed by atoms with Crippen LogP contribution >= 0.6 is 11.6 Å². The van der Waals surface area contributed by atoms with Crippen molar-refractivity contribution in [1.82, 2.24) is 9.88 Å². The van der Waals surface area contributed by atoms with Crippen LogP contribution in [0.3, 0.4) is 0 Å². The van der Waals surface area contributed by atoms with E-state index in [1.807, 2.05) is 30.0 Å². The molecule has 0 N–H and O–H groups in total. The molecule has 2 heterocycles. The fraction of sp³-hybridized carbons (Fsp3) is 0.290. The van der Waals surface area contributed by atoms with Crippen LogP contribution in [-0.4, -0.2) is 28.9 Å². The van der Waals surface area contributed by atoms with E-state index < -0.39 is 0 Å². The maximum Gasteiger partial charge on any atom is 0.254 e. The van der Waals surface area contributed by atoms with E-state index in [2.05, 4.69) is 61.5 Å². The molecule has 0 spiro atoms. The molecule has 0 unspecified atom stereocenters. The smallest absolute Gasteiger partial charge is 0.254 e. The summed E-state index contributed by atoms with van der Waals surface area (Å²) in [4.78, 5) is 20.8. The lowest BCUT2D eigenvalue weighted by atomic mass is 9.89. The highest BCUT2D eigenvalue weighted by molar-refractivity contribution is 6.32. The minimum absolute atomic E-state index is 0.0868. The molecule has 1 aliphatic rings. The third-order valence-electron chi connectivity index (χ3n) is 7.33. The fourth-order valence-electron chi connectivity index (χ4n) is 5.10. The molecule has 5 rings (SSSR count). The van der Waals surface area contributed by atoms with Crippen molar-refractivity contribution < 1.29 is 4.79 Å². The molecule has 4 aromatic rings. The molecular weight excluding hydrogens is 452 g/mol. The Labute approximate surface area is 212 Å². The van der Waals surface area contributed by atoms with Gasteiger partial charge in [-0.05, 0) is 67.3 Å². The summed E-state index contributed by atoms with van der Waals surface area (Å²) in [6.45, 7) is 5.69. The Morgan fingerprint density at radius 2 is 1.69 bits per heavy atom. The maximum atomic E-state index is 13.8. The number of carbonyl (C=O) groups is 1. The molecule has 1 amide bonds. The molecule has 3 nitrogen and oxygen atoms in total. The summed E-state index contributed by atoms with van der Waals surface area (Å²) < 4.78 is 0. The number of hydrogen-bond acceptors (Lipinski definition) is 2. The van der Waals surface area contributed by atoms with Crippen molar-refractivity contribution in [2.75, 3.05) is 13.1 Å². The molecule has 1 aromatic heterocycles. The van der Waals surface area contributed by atoms with Gasteiger partial charge in [-0.3, -0.25) is 4.79 Å². The van der Waals surface area contributed by atoms with Gasteiger partial charge in [0, 0.05) is 29.1 Å². The van der Waals surface area contributed by atoms with E-state index in [0.29, 0.717) is 16.5 Å². The third kappa shape index (κ3) is 4.97. The largest absolute Gasteiger partial charge is 0.339 e. The quantitative estimate of drug-likeness (QED) is 0.294. The van der Waals surface area contributed by atoms with Crippen LogP contribution in [0.15, 0.2) is 72.8 Å². The molecule has 35 heavy (non-hydrogen) atoms. The second kappa shape index (κ2) is 10.2. The van der Waals surface area contributed by atoms with E-state index in [-0.39, 0.29) is 5.91 Å². The van der Waals surface area contributed by atoms with Crippen molar-refractivity contribution in [2.45, 2.75) is 39.5 Å². The first-order valence-electron chi connectivity index (χ1n) is 12.6. The topological polar surface area (TPSA) is 33.2 Å². The molecule has 0 aliphatic carbocycles. The van der Waals surface area contributed by atoms with Gasteiger partial charge in [0.25, 0.3) is 5.91 Å². The Balaban J connectivity index is 1.44. The lowest BCUT2D eigenvalue weighted by Crippen LogP contribution is -2.39. The Hall–Kier alpha value is -3.17.